The fraction of sp³-hybridized carbons (Fsp3) is 0.684. The second kappa shape index (κ2) is 7.83. The Morgan fingerprint density at radius 2 is 2.15 bits per heavy atom. The monoisotopic (exact) mass is 273 g/mol. The molecule has 20 heavy (non-hydrogen) atoms. The highest BCUT2D eigenvalue weighted by atomic mass is 14.9. The summed E-state index contributed by atoms with van der Waals surface area (Å²) in [6.45, 7) is 7.96. The average Bonchev–Trinajstić information content (AvgIpc) is 2.43. The molecule has 1 saturated carbocycles. The molecule has 0 aromatic heterocycles. The van der Waals surface area contributed by atoms with E-state index in [1.165, 1.54) is 49.7 Å². The molecule has 0 amide bonds. The lowest BCUT2D eigenvalue weighted by atomic mass is 9.77. The summed E-state index contributed by atoms with van der Waals surface area (Å²) < 4.78 is 0. The van der Waals surface area contributed by atoms with Gasteiger partial charge < -0.3 is 5.32 Å². The third-order valence-corrected chi connectivity index (χ3v) is 4.84. The topological polar surface area (TPSA) is 12.0 Å². The minimum atomic E-state index is 0.711. The van der Waals surface area contributed by atoms with Gasteiger partial charge in [0.2, 0.25) is 0 Å². The molecule has 0 bridgehead atoms. The van der Waals surface area contributed by atoms with Gasteiger partial charge in [-0.2, -0.15) is 0 Å². The molecule has 0 saturated heterocycles. The molecule has 1 aliphatic carbocycles. The minimum Gasteiger partial charge on any atom is -0.314 e. The van der Waals surface area contributed by atoms with E-state index in [0.717, 1.165) is 18.4 Å². The van der Waals surface area contributed by atoms with Crippen LogP contribution in [0.25, 0.3) is 0 Å². The second-order valence-electron chi connectivity index (χ2n) is 6.72. The summed E-state index contributed by atoms with van der Waals surface area (Å²) in [5, 5.41) is 3.76. The van der Waals surface area contributed by atoms with Gasteiger partial charge in [-0.25, -0.2) is 0 Å². The van der Waals surface area contributed by atoms with Crippen molar-refractivity contribution in [3.63, 3.8) is 0 Å². The molecule has 1 nitrogen and oxygen atoms in total. The zero-order valence-electron chi connectivity index (χ0n) is 13.5. The van der Waals surface area contributed by atoms with Crippen molar-refractivity contribution in [3.8, 4) is 0 Å². The van der Waals surface area contributed by atoms with Crippen LogP contribution >= 0.6 is 0 Å². The Bertz CT molecular complexity index is 399. The third-order valence-electron chi connectivity index (χ3n) is 4.84. The van der Waals surface area contributed by atoms with E-state index in [1.54, 1.807) is 0 Å². The van der Waals surface area contributed by atoms with Crippen LogP contribution in [0.3, 0.4) is 0 Å². The maximum absolute atomic E-state index is 3.76. The lowest BCUT2D eigenvalue weighted by Crippen LogP contribution is -2.38. The van der Waals surface area contributed by atoms with E-state index in [4.69, 9.17) is 0 Å². The Morgan fingerprint density at radius 1 is 1.30 bits per heavy atom. The predicted molar refractivity (Wildman–Crippen MR) is 88.1 cm³/mol. The van der Waals surface area contributed by atoms with Crippen LogP contribution in [0.15, 0.2) is 24.3 Å². The Balaban J connectivity index is 1.91. The molecule has 3 atom stereocenters. The van der Waals surface area contributed by atoms with Gasteiger partial charge in [0.25, 0.3) is 0 Å². The molecule has 1 aromatic rings. The molecule has 1 heteroatoms. The van der Waals surface area contributed by atoms with Crippen molar-refractivity contribution in [2.24, 2.45) is 11.8 Å². The van der Waals surface area contributed by atoms with E-state index in [9.17, 15) is 0 Å². The van der Waals surface area contributed by atoms with E-state index in [-0.39, 0.29) is 0 Å². The van der Waals surface area contributed by atoms with E-state index >= 15 is 0 Å². The van der Waals surface area contributed by atoms with Gasteiger partial charge in [0.15, 0.2) is 0 Å². The van der Waals surface area contributed by atoms with Gasteiger partial charge >= 0.3 is 0 Å². The molecule has 1 aromatic carbocycles. The zero-order valence-corrected chi connectivity index (χ0v) is 13.5. The van der Waals surface area contributed by atoms with Crippen LogP contribution < -0.4 is 5.32 Å². The van der Waals surface area contributed by atoms with Crippen molar-refractivity contribution >= 4 is 0 Å². The van der Waals surface area contributed by atoms with E-state index in [1.807, 2.05) is 0 Å². The molecular formula is C19H31N. The summed E-state index contributed by atoms with van der Waals surface area (Å²) in [5.41, 5.74) is 2.88. The number of hydrogen-bond donors (Lipinski definition) is 1. The minimum absolute atomic E-state index is 0.711. The first-order valence-corrected chi connectivity index (χ1v) is 8.48. The van der Waals surface area contributed by atoms with Crippen LogP contribution in [0, 0.1) is 18.8 Å². The lowest BCUT2D eigenvalue weighted by molar-refractivity contribution is 0.216. The maximum atomic E-state index is 3.76. The van der Waals surface area contributed by atoms with Gasteiger partial charge in [-0.3, -0.25) is 0 Å². The first kappa shape index (κ1) is 15.6. The summed E-state index contributed by atoms with van der Waals surface area (Å²) >= 11 is 0. The van der Waals surface area contributed by atoms with Crippen molar-refractivity contribution < 1.29 is 0 Å². The highest BCUT2D eigenvalue weighted by Crippen LogP contribution is 2.32. The standard InChI is InChI=1S/C19H31N/c1-4-20-19(18-10-6-8-16(3)14-18)12-11-17-9-5-7-15(2)13-17/h5,7,9,13,16,18-20H,4,6,8,10-12,14H2,1-3H3. The van der Waals surface area contributed by atoms with E-state index < -0.39 is 0 Å². The van der Waals surface area contributed by atoms with Crippen LogP contribution in [-0.2, 0) is 6.42 Å². The second-order valence-corrected chi connectivity index (χ2v) is 6.72. The van der Waals surface area contributed by atoms with Crippen molar-refractivity contribution in [3.05, 3.63) is 35.4 Å². The molecule has 2 rings (SSSR count). The molecule has 3 unspecified atom stereocenters. The lowest BCUT2D eigenvalue weighted by Gasteiger charge is -2.34. The van der Waals surface area contributed by atoms with Crippen LogP contribution in [0.1, 0.15) is 57.1 Å². The van der Waals surface area contributed by atoms with Gasteiger partial charge in [0.05, 0.1) is 0 Å². The summed E-state index contributed by atoms with van der Waals surface area (Å²) in [4.78, 5) is 0. The molecule has 112 valence electrons. The molecule has 1 fully saturated rings. The van der Waals surface area contributed by atoms with Gasteiger partial charge in [0.1, 0.15) is 0 Å². The molecule has 1 N–H and O–H groups in total. The Kier molecular flexibility index (Phi) is 6.09. The molecule has 0 spiro atoms. The largest absolute Gasteiger partial charge is 0.314 e. The fourth-order valence-electron chi connectivity index (χ4n) is 3.80. The fourth-order valence-corrected chi connectivity index (χ4v) is 3.80. The number of hydrogen-bond acceptors (Lipinski definition) is 1. The average molecular weight is 273 g/mol. The van der Waals surface area contributed by atoms with Crippen molar-refractivity contribution in [2.45, 2.75) is 65.3 Å². The summed E-state index contributed by atoms with van der Waals surface area (Å²) in [5.74, 6) is 1.82. The van der Waals surface area contributed by atoms with E-state index in [2.05, 4.69) is 50.4 Å². The molecular weight excluding hydrogens is 242 g/mol. The van der Waals surface area contributed by atoms with Crippen LogP contribution in [0.2, 0.25) is 0 Å². The SMILES string of the molecule is CCNC(CCc1cccc(C)c1)C1CCCC(C)C1. The predicted octanol–water partition coefficient (Wildman–Crippen LogP) is 4.73. The van der Waals surface area contributed by atoms with Crippen LogP contribution in [0.5, 0.6) is 0 Å². The van der Waals surface area contributed by atoms with Crippen molar-refractivity contribution in [2.75, 3.05) is 6.54 Å². The molecule has 0 heterocycles. The molecule has 0 aliphatic heterocycles. The molecule has 1 aliphatic rings. The highest BCUT2D eigenvalue weighted by Gasteiger charge is 2.25. The molecule has 0 radical (unpaired) electrons. The smallest absolute Gasteiger partial charge is 0.00984 e. The van der Waals surface area contributed by atoms with Crippen molar-refractivity contribution in [1.82, 2.24) is 5.32 Å². The van der Waals surface area contributed by atoms with Gasteiger partial charge in [0, 0.05) is 6.04 Å². The summed E-state index contributed by atoms with van der Waals surface area (Å²) in [6, 6.07) is 9.71. The third kappa shape index (κ3) is 4.63. The number of benzene rings is 1. The van der Waals surface area contributed by atoms with Crippen molar-refractivity contribution in [1.29, 1.82) is 0 Å². The van der Waals surface area contributed by atoms with Gasteiger partial charge in [-0.1, -0.05) is 56.5 Å². The number of nitrogens with one attached hydrogen (secondary N) is 1. The Morgan fingerprint density at radius 3 is 2.85 bits per heavy atom. The Labute approximate surface area is 125 Å². The normalized spacial score (nSPS) is 24.6. The number of rotatable bonds is 6. The van der Waals surface area contributed by atoms with Crippen LogP contribution in [-0.4, -0.2) is 12.6 Å². The van der Waals surface area contributed by atoms with E-state index in [0.29, 0.717) is 6.04 Å². The quantitative estimate of drug-likeness (QED) is 0.790. The Hall–Kier alpha value is -0.820. The summed E-state index contributed by atoms with van der Waals surface area (Å²) in [6.07, 6.45) is 8.21. The summed E-state index contributed by atoms with van der Waals surface area (Å²) in [7, 11) is 0. The first-order valence-electron chi connectivity index (χ1n) is 8.48. The highest BCUT2D eigenvalue weighted by molar-refractivity contribution is 5.22. The number of aryl methyl sites for hydroxylation is 2. The first-order chi connectivity index (χ1) is 9.69. The maximum Gasteiger partial charge on any atom is 0.00984 e. The van der Waals surface area contributed by atoms with Crippen LogP contribution in [0.4, 0.5) is 0 Å². The van der Waals surface area contributed by atoms with Gasteiger partial charge in [-0.05, 0) is 56.6 Å². The van der Waals surface area contributed by atoms with Gasteiger partial charge in [-0.15, -0.1) is 0 Å². The zero-order chi connectivity index (χ0) is 14.4.